The van der Waals surface area contributed by atoms with E-state index < -0.39 is 0 Å². The van der Waals surface area contributed by atoms with Crippen LogP contribution in [0.1, 0.15) is 45.4 Å². The van der Waals surface area contributed by atoms with Gasteiger partial charge in [0.1, 0.15) is 0 Å². The third-order valence-electron chi connectivity index (χ3n) is 3.28. The maximum Gasteiger partial charge on any atom is 0.224 e. The molecule has 1 aliphatic rings. The molecule has 1 fully saturated rings. The molecule has 1 aromatic heterocycles. The zero-order valence-corrected chi connectivity index (χ0v) is 10.9. The van der Waals surface area contributed by atoms with Gasteiger partial charge in [-0.25, -0.2) is 9.37 Å². The van der Waals surface area contributed by atoms with Gasteiger partial charge < -0.3 is 10.6 Å². The summed E-state index contributed by atoms with van der Waals surface area (Å²) < 4.78 is 13.7. The van der Waals surface area contributed by atoms with Crippen molar-refractivity contribution in [1.82, 2.24) is 9.97 Å². The molecular formula is C13H21FN4. The van der Waals surface area contributed by atoms with E-state index in [0.717, 1.165) is 19.4 Å². The molecule has 0 atom stereocenters. The molecule has 18 heavy (non-hydrogen) atoms. The lowest BCUT2D eigenvalue weighted by Gasteiger charge is -2.17. The lowest BCUT2D eigenvalue weighted by atomic mass is 10.1. The Labute approximate surface area is 107 Å². The van der Waals surface area contributed by atoms with Crippen molar-refractivity contribution in [2.75, 3.05) is 17.2 Å². The molecule has 100 valence electrons. The number of rotatable bonds is 4. The average molecular weight is 252 g/mol. The molecule has 2 rings (SSSR count). The fourth-order valence-corrected chi connectivity index (χ4v) is 2.33. The topological polar surface area (TPSA) is 49.8 Å². The molecular weight excluding hydrogens is 231 g/mol. The van der Waals surface area contributed by atoms with Gasteiger partial charge in [-0.3, -0.25) is 0 Å². The molecule has 0 amide bonds. The third-order valence-corrected chi connectivity index (χ3v) is 3.28. The van der Waals surface area contributed by atoms with Crippen LogP contribution in [0, 0.1) is 5.82 Å². The van der Waals surface area contributed by atoms with Gasteiger partial charge >= 0.3 is 0 Å². The van der Waals surface area contributed by atoms with E-state index in [1.807, 2.05) is 6.92 Å². The Hall–Kier alpha value is -1.39. The summed E-state index contributed by atoms with van der Waals surface area (Å²) >= 11 is 0. The normalized spacial score (nSPS) is 17.2. The first kappa shape index (κ1) is 13.1. The van der Waals surface area contributed by atoms with Crippen molar-refractivity contribution < 1.29 is 4.39 Å². The number of hydrogen-bond donors (Lipinski definition) is 2. The van der Waals surface area contributed by atoms with E-state index >= 15 is 0 Å². The van der Waals surface area contributed by atoms with Gasteiger partial charge in [0.2, 0.25) is 5.95 Å². The summed E-state index contributed by atoms with van der Waals surface area (Å²) in [5, 5.41) is 6.22. The molecule has 0 unspecified atom stereocenters. The lowest BCUT2D eigenvalue weighted by molar-refractivity contribution is 0.587. The Kier molecular flexibility index (Phi) is 4.73. The summed E-state index contributed by atoms with van der Waals surface area (Å²) in [5.74, 6) is 0.434. The van der Waals surface area contributed by atoms with Gasteiger partial charge in [0, 0.05) is 12.6 Å². The second kappa shape index (κ2) is 6.52. The molecule has 1 saturated carbocycles. The standard InChI is InChI=1S/C13H21FN4/c1-2-15-13-16-9-11(14)12(18-13)17-10-7-5-3-4-6-8-10/h9-10H,2-8H2,1H3,(H2,15,16,17,18). The first-order chi connectivity index (χ1) is 8.79. The summed E-state index contributed by atoms with van der Waals surface area (Å²) in [6.07, 6.45) is 8.42. The van der Waals surface area contributed by atoms with Crippen molar-refractivity contribution in [2.45, 2.75) is 51.5 Å². The summed E-state index contributed by atoms with van der Waals surface area (Å²) in [4.78, 5) is 8.08. The van der Waals surface area contributed by atoms with Crippen LogP contribution in [0.2, 0.25) is 0 Å². The molecule has 5 heteroatoms. The molecule has 0 saturated heterocycles. The van der Waals surface area contributed by atoms with Crippen LogP contribution in [0.3, 0.4) is 0 Å². The zero-order valence-electron chi connectivity index (χ0n) is 10.9. The van der Waals surface area contributed by atoms with Gasteiger partial charge in [-0.2, -0.15) is 4.98 Å². The van der Waals surface area contributed by atoms with E-state index in [2.05, 4.69) is 20.6 Å². The quantitative estimate of drug-likeness (QED) is 0.808. The fourth-order valence-electron chi connectivity index (χ4n) is 2.33. The predicted octanol–water partition coefficient (Wildman–Crippen LogP) is 3.18. The zero-order chi connectivity index (χ0) is 12.8. The van der Waals surface area contributed by atoms with Crippen LogP contribution in [0.25, 0.3) is 0 Å². The van der Waals surface area contributed by atoms with Gasteiger partial charge in [-0.1, -0.05) is 25.7 Å². The molecule has 2 N–H and O–H groups in total. The van der Waals surface area contributed by atoms with Crippen molar-refractivity contribution >= 4 is 11.8 Å². The maximum atomic E-state index is 13.7. The van der Waals surface area contributed by atoms with E-state index in [-0.39, 0.29) is 5.82 Å². The summed E-state index contributed by atoms with van der Waals surface area (Å²) in [6, 6.07) is 0.339. The summed E-state index contributed by atoms with van der Waals surface area (Å²) in [5.41, 5.74) is 0. The number of hydrogen-bond acceptors (Lipinski definition) is 4. The van der Waals surface area contributed by atoms with Crippen molar-refractivity contribution in [3.05, 3.63) is 12.0 Å². The van der Waals surface area contributed by atoms with Crippen LogP contribution in [-0.2, 0) is 0 Å². The molecule has 1 aromatic rings. The lowest BCUT2D eigenvalue weighted by Crippen LogP contribution is -2.20. The van der Waals surface area contributed by atoms with E-state index in [1.54, 1.807) is 0 Å². The van der Waals surface area contributed by atoms with Gasteiger partial charge in [-0.15, -0.1) is 0 Å². The van der Waals surface area contributed by atoms with Crippen LogP contribution in [0.15, 0.2) is 6.20 Å². The van der Waals surface area contributed by atoms with E-state index in [1.165, 1.54) is 31.9 Å². The van der Waals surface area contributed by atoms with Crippen LogP contribution in [0.5, 0.6) is 0 Å². The van der Waals surface area contributed by atoms with Gasteiger partial charge in [-0.05, 0) is 19.8 Å². The largest absolute Gasteiger partial charge is 0.365 e. The van der Waals surface area contributed by atoms with Crippen molar-refractivity contribution in [2.24, 2.45) is 0 Å². The minimum atomic E-state index is -0.374. The minimum absolute atomic E-state index is 0.327. The molecule has 0 bridgehead atoms. The monoisotopic (exact) mass is 252 g/mol. The molecule has 4 nitrogen and oxygen atoms in total. The summed E-state index contributed by atoms with van der Waals surface area (Å²) in [6.45, 7) is 2.69. The first-order valence-electron chi connectivity index (χ1n) is 6.82. The SMILES string of the molecule is CCNc1ncc(F)c(NC2CCCCCC2)n1. The Bertz CT molecular complexity index is 375. The molecule has 0 radical (unpaired) electrons. The third kappa shape index (κ3) is 3.55. The Morgan fingerprint density at radius 2 is 2.00 bits per heavy atom. The van der Waals surface area contributed by atoms with E-state index in [0.29, 0.717) is 17.8 Å². The van der Waals surface area contributed by atoms with Gasteiger partial charge in [0.05, 0.1) is 6.20 Å². The summed E-state index contributed by atoms with van der Waals surface area (Å²) in [7, 11) is 0. The Balaban J connectivity index is 2.04. The number of nitrogens with one attached hydrogen (secondary N) is 2. The maximum absolute atomic E-state index is 13.7. The number of anilines is 2. The smallest absolute Gasteiger partial charge is 0.224 e. The van der Waals surface area contributed by atoms with Crippen LogP contribution < -0.4 is 10.6 Å². The molecule has 0 aromatic carbocycles. The first-order valence-corrected chi connectivity index (χ1v) is 6.82. The van der Waals surface area contributed by atoms with Crippen LogP contribution >= 0.6 is 0 Å². The Morgan fingerprint density at radius 3 is 2.67 bits per heavy atom. The second-order valence-corrected chi connectivity index (χ2v) is 4.75. The minimum Gasteiger partial charge on any atom is -0.365 e. The number of halogens is 1. The number of nitrogens with zero attached hydrogens (tertiary/aromatic N) is 2. The molecule has 1 heterocycles. The van der Waals surface area contributed by atoms with E-state index in [9.17, 15) is 4.39 Å². The highest BCUT2D eigenvalue weighted by molar-refractivity contribution is 5.41. The van der Waals surface area contributed by atoms with E-state index in [4.69, 9.17) is 0 Å². The average Bonchev–Trinajstić information content (AvgIpc) is 2.62. The highest BCUT2D eigenvalue weighted by Gasteiger charge is 2.15. The fraction of sp³-hybridized carbons (Fsp3) is 0.692. The number of aromatic nitrogens is 2. The van der Waals surface area contributed by atoms with Gasteiger partial charge in [0.25, 0.3) is 0 Å². The van der Waals surface area contributed by atoms with Crippen LogP contribution in [0.4, 0.5) is 16.2 Å². The predicted molar refractivity (Wildman–Crippen MR) is 71.3 cm³/mol. The second-order valence-electron chi connectivity index (χ2n) is 4.75. The molecule has 1 aliphatic carbocycles. The Morgan fingerprint density at radius 1 is 1.28 bits per heavy atom. The van der Waals surface area contributed by atoms with Crippen LogP contribution in [-0.4, -0.2) is 22.6 Å². The van der Waals surface area contributed by atoms with Crippen molar-refractivity contribution in [1.29, 1.82) is 0 Å². The molecule has 0 spiro atoms. The van der Waals surface area contributed by atoms with Gasteiger partial charge in [0.15, 0.2) is 11.6 Å². The highest BCUT2D eigenvalue weighted by Crippen LogP contribution is 2.21. The molecule has 0 aliphatic heterocycles. The highest BCUT2D eigenvalue weighted by atomic mass is 19.1. The van der Waals surface area contributed by atoms with Crippen molar-refractivity contribution in [3.63, 3.8) is 0 Å². The van der Waals surface area contributed by atoms with Crippen molar-refractivity contribution in [3.8, 4) is 0 Å².